The number of benzene rings is 8. The normalized spacial score (nSPS) is 12.1. The van der Waals surface area contributed by atoms with Crippen LogP contribution in [0.25, 0.3) is 49.4 Å². The lowest BCUT2D eigenvalue weighted by Gasteiger charge is -2.18. The number of nitrogens with zero attached hydrogens (tertiary/aromatic N) is 3. The molecule has 0 fully saturated rings. The maximum absolute atomic E-state index is 8.67. The largest absolute Gasteiger partial charge is 0.456 e. The number of para-hydroxylation sites is 1. The van der Waals surface area contributed by atoms with Crippen molar-refractivity contribution in [2.24, 2.45) is 9.98 Å². The number of aromatic nitrogens is 1. The van der Waals surface area contributed by atoms with Gasteiger partial charge < -0.3 is 8.98 Å². The monoisotopic (exact) mass is 748 g/mol. The molecule has 0 aliphatic rings. The van der Waals surface area contributed by atoms with Gasteiger partial charge in [0.25, 0.3) is 0 Å². The lowest BCUT2D eigenvalue weighted by molar-refractivity contribution is 0.669. The van der Waals surface area contributed by atoms with Crippen molar-refractivity contribution in [3.8, 4) is 5.69 Å². The van der Waals surface area contributed by atoms with Gasteiger partial charge in [0.1, 0.15) is 20.0 Å². The van der Waals surface area contributed by atoms with Gasteiger partial charge in [-0.3, -0.25) is 5.41 Å². The van der Waals surface area contributed by atoms with Crippen LogP contribution in [0.3, 0.4) is 0 Å². The summed E-state index contributed by atoms with van der Waals surface area (Å²) in [6.45, 7) is 0. The summed E-state index contributed by atoms with van der Waals surface area (Å²) in [6.07, 6.45) is 1.82. The Morgan fingerprint density at radius 2 is 1.09 bits per heavy atom. The molecular formula is C51H36N4OSi. The average Bonchev–Trinajstić information content (AvgIpc) is 3.80. The van der Waals surface area contributed by atoms with Gasteiger partial charge in [-0.05, 0) is 42.0 Å². The van der Waals surface area contributed by atoms with Crippen LogP contribution in [0.5, 0.6) is 0 Å². The van der Waals surface area contributed by atoms with E-state index in [1.54, 1.807) is 0 Å². The molecule has 0 spiro atoms. The summed E-state index contributed by atoms with van der Waals surface area (Å²) in [7, 11) is -1.78. The molecule has 0 aliphatic carbocycles. The number of amidine groups is 2. The number of rotatable bonds is 7. The summed E-state index contributed by atoms with van der Waals surface area (Å²) < 4.78 is 8.82. The molecule has 0 atom stereocenters. The number of nitrogens with one attached hydrogen (secondary N) is 1. The van der Waals surface area contributed by atoms with Gasteiger partial charge >= 0.3 is 0 Å². The highest BCUT2D eigenvalue weighted by atomic mass is 28.3. The average molecular weight is 749 g/mol. The first-order valence-corrected chi connectivity index (χ1v) is 20.8. The van der Waals surface area contributed by atoms with Crippen molar-refractivity contribution >= 4 is 86.0 Å². The molecule has 57 heavy (non-hydrogen) atoms. The maximum atomic E-state index is 8.67. The molecule has 6 heteroatoms. The van der Waals surface area contributed by atoms with Gasteiger partial charge in [-0.15, -0.1) is 0 Å². The molecule has 10 rings (SSSR count). The van der Waals surface area contributed by atoms with E-state index >= 15 is 0 Å². The van der Waals surface area contributed by atoms with E-state index in [9.17, 15) is 0 Å². The second-order valence-corrected chi connectivity index (χ2v) is 17.1. The van der Waals surface area contributed by atoms with Crippen LogP contribution in [0.2, 0.25) is 0 Å². The van der Waals surface area contributed by atoms with Crippen molar-refractivity contribution in [2.75, 3.05) is 0 Å². The van der Waals surface area contributed by atoms with Gasteiger partial charge in [-0.2, -0.15) is 0 Å². The molecule has 2 heterocycles. The molecule has 2 aromatic heterocycles. The summed E-state index contributed by atoms with van der Waals surface area (Å²) in [6, 6.07) is 69.6. The minimum atomic E-state index is -1.78. The molecule has 0 unspecified atom stereocenters. The number of fused-ring (bicyclic) bond motifs is 6. The molecule has 1 N–H and O–H groups in total. The third-order valence-corrected chi connectivity index (χ3v) is 13.8. The molecule has 0 bridgehead atoms. The Morgan fingerprint density at radius 1 is 0.491 bits per heavy atom. The SMILES string of the molecule is N=C(N=C(N=Cc1ccc(-n2c3ccc([SiH](c4ccccc4)c4ccccc4)cc3c3cc4oc5ccccc5c4cc32)cc1)c1ccccc1)c1ccccc1. The minimum Gasteiger partial charge on any atom is -0.456 e. The fraction of sp³-hybridized carbons (Fsp3) is 0. The standard InChI is InChI=1S/C51H36N4OSi/c52-50(36-15-5-1-6-16-36)54-51(37-17-7-2-8-18-37)53-34-35-25-27-38(28-26-35)55-46-30-29-41(57(39-19-9-3-10-20-39)40-21-11-4-12-22-40)31-43(46)44-33-49-45(32-47(44)55)42-23-13-14-24-48(42)56-49/h1-34,52,57H. The van der Waals surface area contributed by atoms with Gasteiger partial charge in [0.15, 0.2) is 11.7 Å². The highest BCUT2D eigenvalue weighted by molar-refractivity contribution is 6.95. The summed E-state index contributed by atoms with van der Waals surface area (Å²) in [4.78, 5) is 9.48. The second kappa shape index (κ2) is 14.7. The molecule has 0 amide bonds. The predicted molar refractivity (Wildman–Crippen MR) is 241 cm³/mol. The fourth-order valence-corrected chi connectivity index (χ4v) is 10.9. The number of hydrogen-bond acceptors (Lipinski definition) is 2. The Kier molecular flexibility index (Phi) is 8.78. The van der Waals surface area contributed by atoms with Crippen LogP contribution in [0.4, 0.5) is 0 Å². The molecule has 8 aromatic carbocycles. The van der Waals surface area contributed by atoms with Crippen LogP contribution < -0.4 is 15.6 Å². The third kappa shape index (κ3) is 6.48. The fourth-order valence-electron chi connectivity index (χ4n) is 7.95. The van der Waals surface area contributed by atoms with E-state index in [1.807, 2.05) is 79.0 Å². The van der Waals surface area contributed by atoms with E-state index in [0.29, 0.717) is 5.84 Å². The van der Waals surface area contributed by atoms with E-state index in [1.165, 1.54) is 20.9 Å². The first-order valence-electron chi connectivity index (χ1n) is 19.1. The quantitative estimate of drug-likeness (QED) is 0.0750. The summed E-state index contributed by atoms with van der Waals surface area (Å²) in [5.41, 5.74) is 7.60. The zero-order valence-electron chi connectivity index (χ0n) is 31.0. The van der Waals surface area contributed by atoms with Crippen molar-refractivity contribution < 1.29 is 4.42 Å². The first-order chi connectivity index (χ1) is 28.2. The van der Waals surface area contributed by atoms with Crippen LogP contribution in [0.1, 0.15) is 16.7 Å². The number of hydrogen-bond donors (Lipinski definition) is 1. The van der Waals surface area contributed by atoms with Crippen molar-refractivity contribution in [3.05, 3.63) is 217 Å². The Morgan fingerprint density at radius 3 is 1.77 bits per heavy atom. The summed E-state index contributed by atoms with van der Waals surface area (Å²) in [5, 5.41) is 17.4. The molecule has 270 valence electrons. The molecule has 0 saturated carbocycles. The maximum Gasteiger partial charge on any atom is 0.161 e. The van der Waals surface area contributed by atoms with E-state index in [0.717, 1.165) is 60.7 Å². The topological polar surface area (TPSA) is 66.6 Å². The Balaban J connectivity index is 1.10. The van der Waals surface area contributed by atoms with Crippen LogP contribution in [0.15, 0.2) is 215 Å². The summed E-state index contributed by atoms with van der Waals surface area (Å²) in [5.74, 6) is 0.647. The Bertz CT molecular complexity index is 3080. The molecule has 0 radical (unpaired) electrons. The second-order valence-electron chi connectivity index (χ2n) is 14.2. The van der Waals surface area contributed by atoms with Crippen LogP contribution >= 0.6 is 0 Å². The lowest BCUT2D eigenvalue weighted by atomic mass is 10.1. The van der Waals surface area contributed by atoms with Gasteiger partial charge in [-0.1, -0.05) is 179 Å². The zero-order valence-corrected chi connectivity index (χ0v) is 32.1. The first kappa shape index (κ1) is 34.1. The molecule has 10 aromatic rings. The molecule has 0 saturated heterocycles. The molecule has 0 aliphatic heterocycles. The van der Waals surface area contributed by atoms with Crippen molar-refractivity contribution in [1.29, 1.82) is 5.41 Å². The van der Waals surface area contributed by atoms with Gasteiger partial charge in [0.05, 0.1) is 11.0 Å². The number of aliphatic imine (C=N–C) groups is 2. The molecule has 5 nitrogen and oxygen atoms in total. The predicted octanol–water partition coefficient (Wildman–Crippen LogP) is 9.82. The third-order valence-electron chi connectivity index (χ3n) is 10.7. The lowest BCUT2D eigenvalue weighted by Crippen LogP contribution is -2.51. The van der Waals surface area contributed by atoms with Crippen molar-refractivity contribution in [2.45, 2.75) is 0 Å². The van der Waals surface area contributed by atoms with E-state index in [2.05, 4.69) is 137 Å². The van der Waals surface area contributed by atoms with Crippen LogP contribution in [-0.2, 0) is 0 Å². The van der Waals surface area contributed by atoms with Gasteiger partial charge in [-0.25, -0.2) is 9.98 Å². The minimum absolute atomic E-state index is 0.164. The van der Waals surface area contributed by atoms with Crippen molar-refractivity contribution in [1.82, 2.24) is 4.57 Å². The van der Waals surface area contributed by atoms with E-state index < -0.39 is 8.80 Å². The van der Waals surface area contributed by atoms with Gasteiger partial charge in [0, 0.05) is 44.6 Å². The van der Waals surface area contributed by atoms with Crippen molar-refractivity contribution in [3.63, 3.8) is 0 Å². The van der Waals surface area contributed by atoms with Crippen LogP contribution in [-0.4, -0.2) is 31.2 Å². The van der Waals surface area contributed by atoms with E-state index in [4.69, 9.17) is 14.8 Å². The highest BCUT2D eigenvalue weighted by Crippen LogP contribution is 2.38. The zero-order chi connectivity index (χ0) is 38.1. The molecular weight excluding hydrogens is 713 g/mol. The van der Waals surface area contributed by atoms with Gasteiger partial charge in [0.2, 0.25) is 0 Å². The Hall–Kier alpha value is -7.41. The summed E-state index contributed by atoms with van der Waals surface area (Å²) >= 11 is 0. The van der Waals surface area contributed by atoms with Crippen LogP contribution in [0, 0.1) is 5.41 Å². The smallest absolute Gasteiger partial charge is 0.161 e. The Labute approximate surface area is 331 Å². The highest BCUT2D eigenvalue weighted by Gasteiger charge is 2.22. The number of furan rings is 1. The van der Waals surface area contributed by atoms with E-state index in [-0.39, 0.29) is 5.84 Å².